The zero-order valence-corrected chi connectivity index (χ0v) is 19.5. The number of hydrogen-bond acceptors (Lipinski definition) is 4. The van der Waals surface area contributed by atoms with Crippen LogP contribution in [0.5, 0.6) is 17.2 Å². The summed E-state index contributed by atoms with van der Waals surface area (Å²) in [7, 11) is 0. The molecule has 4 nitrogen and oxygen atoms in total. The van der Waals surface area contributed by atoms with E-state index in [4.69, 9.17) is 4.74 Å². The van der Waals surface area contributed by atoms with Gasteiger partial charge in [-0.2, -0.15) is 0 Å². The molecule has 3 aromatic carbocycles. The highest BCUT2D eigenvalue weighted by Gasteiger charge is 2.22. The van der Waals surface area contributed by atoms with Crippen LogP contribution in [0.25, 0.3) is 0 Å². The van der Waals surface area contributed by atoms with Crippen LogP contribution in [0.4, 0.5) is 0 Å². The molecule has 2 N–H and O–H groups in total. The maximum absolute atomic E-state index is 11.8. The van der Waals surface area contributed by atoms with Gasteiger partial charge in [0, 0.05) is 12.0 Å². The Morgan fingerprint density at radius 3 is 1.34 bits per heavy atom. The average molecular weight is 431 g/mol. The summed E-state index contributed by atoms with van der Waals surface area (Å²) >= 11 is 0. The Labute approximate surface area is 189 Å². The van der Waals surface area contributed by atoms with E-state index in [1.165, 1.54) is 0 Å². The number of hydrogen-bond donors (Lipinski definition) is 2. The van der Waals surface area contributed by atoms with Crippen LogP contribution >= 0.6 is 0 Å². The third kappa shape index (κ3) is 4.40. The van der Waals surface area contributed by atoms with E-state index < -0.39 is 5.97 Å². The van der Waals surface area contributed by atoms with Crippen molar-refractivity contribution in [1.82, 2.24) is 0 Å². The molecule has 32 heavy (non-hydrogen) atoms. The first-order valence-corrected chi connectivity index (χ1v) is 10.6. The van der Waals surface area contributed by atoms with Gasteiger partial charge in [0.1, 0.15) is 17.2 Å². The van der Waals surface area contributed by atoms with E-state index in [-0.39, 0.29) is 5.92 Å². The van der Waals surface area contributed by atoms with Gasteiger partial charge in [-0.05, 0) is 91.6 Å². The Kier molecular flexibility index (Phi) is 6.45. The molecule has 0 atom stereocenters. The van der Waals surface area contributed by atoms with Gasteiger partial charge in [-0.3, -0.25) is 0 Å². The van der Waals surface area contributed by atoms with Gasteiger partial charge >= 0.3 is 5.97 Å². The van der Waals surface area contributed by atoms with E-state index in [1.54, 1.807) is 0 Å². The number of phenolic OH excluding ortho intramolecular Hbond substituents is 2. The first kappa shape index (κ1) is 23.1. The van der Waals surface area contributed by atoms with Crippen molar-refractivity contribution in [3.8, 4) is 17.2 Å². The monoisotopic (exact) mass is 430 g/mol. The standard InChI is InChI=1S/C28H30O4/c1-8-24(29)32-28-19(6)13-23(14-20(28)7)25(21-9-15(2)26(30)16(3)10-21)22-11-17(4)27(31)18(5)12-22/h8-14,25,30-31H,1H2,2-7H3. The molecule has 166 valence electrons. The van der Waals surface area contributed by atoms with Crippen LogP contribution in [0.1, 0.15) is 56.0 Å². The predicted octanol–water partition coefficient (Wildman–Crippen LogP) is 6.22. The van der Waals surface area contributed by atoms with Crippen LogP contribution in [0.2, 0.25) is 0 Å². The van der Waals surface area contributed by atoms with Gasteiger partial charge in [0.15, 0.2) is 0 Å². The first-order valence-electron chi connectivity index (χ1n) is 10.6. The van der Waals surface area contributed by atoms with Crippen LogP contribution in [-0.4, -0.2) is 16.2 Å². The van der Waals surface area contributed by atoms with E-state index in [1.807, 2.05) is 77.9 Å². The SMILES string of the molecule is C=CC(=O)Oc1c(C)cc(C(c2cc(C)c(O)c(C)c2)c2cc(C)c(O)c(C)c2)cc1C. The molecule has 0 unspecified atom stereocenters. The summed E-state index contributed by atoms with van der Waals surface area (Å²) < 4.78 is 5.46. The second-order valence-electron chi connectivity index (χ2n) is 8.55. The van der Waals surface area contributed by atoms with Crippen molar-refractivity contribution < 1.29 is 19.7 Å². The third-order valence-electron chi connectivity index (χ3n) is 5.88. The number of aryl methyl sites for hydroxylation is 6. The van der Waals surface area contributed by atoms with E-state index >= 15 is 0 Å². The zero-order valence-electron chi connectivity index (χ0n) is 19.5. The minimum atomic E-state index is -0.491. The van der Waals surface area contributed by atoms with E-state index in [2.05, 4.69) is 6.58 Å². The lowest BCUT2D eigenvalue weighted by Gasteiger charge is -2.24. The van der Waals surface area contributed by atoms with Gasteiger partial charge in [0.05, 0.1) is 0 Å². The molecule has 0 aliphatic rings. The van der Waals surface area contributed by atoms with Gasteiger partial charge in [-0.25, -0.2) is 4.79 Å². The lowest BCUT2D eigenvalue weighted by molar-refractivity contribution is -0.129. The summed E-state index contributed by atoms with van der Waals surface area (Å²) in [5, 5.41) is 20.6. The van der Waals surface area contributed by atoms with Crippen LogP contribution in [-0.2, 0) is 4.79 Å². The fraction of sp³-hybridized carbons (Fsp3) is 0.250. The predicted molar refractivity (Wildman–Crippen MR) is 128 cm³/mol. The normalized spacial score (nSPS) is 11.0. The van der Waals surface area contributed by atoms with Crippen LogP contribution in [0.15, 0.2) is 49.1 Å². The van der Waals surface area contributed by atoms with Gasteiger partial charge in [-0.15, -0.1) is 0 Å². The van der Waals surface area contributed by atoms with E-state index in [9.17, 15) is 15.0 Å². The highest BCUT2D eigenvalue weighted by atomic mass is 16.5. The van der Waals surface area contributed by atoms with E-state index in [0.717, 1.165) is 56.1 Å². The molecule has 0 saturated heterocycles. The number of phenols is 2. The molecule has 0 aromatic heterocycles. The second kappa shape index (κ2) is 8.91. The van der Waals surface area contributed by atoms with Crippen LogP contribution < -0.4 is 4.74 Å². The summed E-state index contributed by atoms with van der Waals surface area (Å²) in [5.41, 5.74) is 8.04. The maximum Gasteiger partial charge on any atom is 0.335 e. The number of carbonyl (C=O) groups excluding carboxylic acids is 1. The van der Waals surface area contributed by atoms with Crippen molar-refractivity contribution in [3.05, 3.63) is 99.1 Å². The van der Waals surface area contributed by atoms with Crippen molar-refractivity contribution in [2.24, 2.45) is 0 Å². The molecule has 3 rings (SSSR count). The molecule has 0 radical (unpaired) electrons. The quantitative estimate of drug-likeness (QED) is 0.218. The highest BCUT2D eigenvalue weighted by molar-refractivity contribution is 5.84. The number of esters is 1. The number of benzene rings is 3. The van der Waals surface area contributed by atoms with Crippen LogP contribution in [0, 0.1) is 41.5 Å². The summed E-state index contributed by atoms with van der Waals surface area (Å²) in [6, 6.07) is 12.1. The Morgan fingerprint density at radius 1 is 0.719 bits per heavy atom. The summed E-state index contributed by atoms with van der Waals surface area (Å²) in [6.07, 6.45) is 1.15. The molecule has 0 aliphatic heterocycles. The molecule has 0 fully saturated rings. The van der Waals surface area contributed by atoms with Crippen molar-refractivity contribution in [2.75, 3.05) is 0 Å². The molecular formula is C28H30O4. The second-order valence-corrected chi connectivity index (χ2v) is 8.55. The first-order chi connectivity index (χ1) is 15.0. The smallest absolute Gasteiger partial charge is 0.335 e. The van der Waals surface area contributed by atoms with Gasteiger partial charge in [-0.1, -0.05) is 43.0 Å². The minimum absolute atomic E-state index is 0.132. The molecule has 4 heteroatoms. The molecule has 0 heterocycles. The average Bonchev–Trinajstić information content (AvgIpc) is 2.72. The fourth-order valence-corrected chi connectivity index (χ4v) is 4.34. The van der Waals surface area contributed by atoms with Crippen molar-refractivity contribution in [2.45, 2.75) is 47.5 Å². The van der Waals surface area contributed by atoms with E-state index in [0.29, 0.717) is 17.2 Å². The summed E-state index contributed by atoms with van der Waals surface area (Å²) in [5.74, 6) is 0.505. The molecule has 0 saturated carbocycles. The number of aromatic hydroxyl groups is 2. The maximum atomic E-state index is 11.8. The molecular weight excluding hydrogens is 400 g/mol. The molecule has 0 bridgehead atoms. The number of rotatable bonds is 5. The van der Waals surface area contributed by atoms with Crippen molar-refractivity contribution in [3.63, 3.8) is 0 Å². The molecule has 0 aliphatic carbocycles. The molecule has 0 amide bonds. The lowest BCUT2D eigenvalue weighted by Crippen LogP contribution is -2.09. The Balaban J connectivity index is 2.27. The van der Waals surface area contributed by atoms with Crippen molar-refractivity contribution in [1.29, 1.82) is 0 Å². The molecule has 0 spiro atoms. The highest BCUT2D eigenvalue weighted by Crippen LogP contribution is 2.40. The van der Waals surface area contributed by atoms with Crippen LogP contribution in [0.3, 0.4) is 0 Å². The van der Waals surface area contributed by atoms with Gasteiger partial charge < -0.3 is 14.9 Å². The summed E-state index contributed by atoms with van der Waals surface area (Å²) in [4.78, 5) is 11.8. The van der Waals surface area contributed by atoms with Gasteiger partial charge in [0.25, 0.3) is 0 Å². The third-order valence-corrected chi connectivity index (χ3v) is 5.88. The lowest BCUT2D eigenvalue weighted by atomic mass is 9.81. The Morgan fingerprint density at radius 2 is 1.03 bits per heavy atom. The van der Waals surface area contributed by atoms with Gasteiger partial charge in [0.2, 0.25) is 0 Å². The number of ether oxygens (including phenoxy) is 1. The zero-order chi connectivity index (χ0) is 23.7. The Bertz CT molecular complexity index is 1090. The molecule has 3 aromatic rings. The topological polar surface area (TPSA) is 66.8 Å². The fourth-order valence-electron chi connectivity index (χ4n) is 4.34. The largest absolute Gasteiger partial charge is 0.507 e. The summed E-state index contributed by atoms with van der Waals surface area (Å²) in [6.45, 7) is 14.9. The minimum Gasteiger partial charge on any atom is -0.507 e. The Hall–Kier alpha value is -3.53. The van der Waals surface area contributed by atoms with Crippen molar-refractivity contribution >= 4 is 5.97 Å². The number of carbonyl (C=O) groups is 1.